The lowest BCUT2D eigenvalue weighted by Gasteiger charge is -2.48. The van der Waals surface area contributed by atoms with Gasteiger partial charge in [-0.05, 0) is 204 Å². The van der Waals surface area contributed by atoms with Crippen molar-refractivity contribution in [2.45, 2.75) is 181 Å². The van der Waals surface area contributed by atoms with E-state index in [0.29, 0.717) is 5.56 Å². The van der Waals surface area contributed by atoms with Crippen LogP contribution in [0.1, 0.15) is 189 Å². The summed E-state index contributed by atoms with van der Waals surface area (Å²) in [7, 11) is 0. The summed E-state index contributed by atoms with van der Waals surface area (Å²) in [6, 6.07) is 35.5. The van der Waals surface area contributed by atoms with E-state index >= 15 is 0 Å². The van der Waals surface area contributed by atoms with Crippen LogP contribution in [0.15, 0.2) is 91.0 Å². The monoisotopic (exact) mass is 884 g/mol. The third-order valence-electron chi connectivity index (χ3n) is 18.8. The van der Waals surface area contributed by atoms with Crippen LogP contribution in [-0.4, -0.2) is 6.71 Å². The lowest BCUT2D eigenvalue weighted by atomic mass is 9.32. The fourth-order valence-electron chi connectivity index (χ4n) is 14.9. The normalized spacial score (nSPS) is 22.4. The molecule has 0 saturated heterocycles. The summed E-state index contributed by atoms with van der Waals surface area (Å²) in [5, 5.41) is 0. The van der Waals surface area contributed by atoms with Crippen molar-refractivity contribution in [3.63, 3.8) is 0 Å². The molecule has 6 aliphatic rings. The molecule has 0 saturated carbocycles. The zero-order valence-corrected chi connectivity index (χ0v) is 43.2. The Morgan fingerprint density at radius 2 is 0.896 bits per heavy atom. The second-order valence-electron chi connectivity index (χ2n) is 26.5. The Balaban J connectivity index is 1.24. The number of aryl methyl sites for hydroxylation is 2. The van der Waals surface area contributed by atoms with Crippen molar-refractivity contribution < 1.29 is 4.11 Å². The molecule has 67 heavy (non-hydrogen) atoms. The predicted molar refractivity (Wildman–Crippen MR) is 289 cm³/mol. The van der Waals surface area contributed by atoms with Gasteiger partial charge in [-0.15, -0.1) is 0 Å². The molecule has 0 aromatic heterocycles. The first-order chi connectivity index (χ1) is 32.4. The molecule has 2 nitrogen and oxygen atoms in total. The van der Waals surface area contributed by atoms with E-state index in [1.54, 1.807) is 0 Å². The third kappa shape index (κ3) is 5.82. The van der Waals surface area contributed by atoms with E-state index in [0.717, 1.165) is 60.5 Å². The summed E-state index contributed by atoms with van der Waals surface area (Å²) in [4.78, 5) is 5.02. The van der Waals surface area contributed by atoms with Gasteiger partial charge < -0.3 is 9.80 Å². The summed E-state index contributed by atoms with van der Waals surface area (Å²) in [5.74, 6) is 0. The Morgan fingerprint density at radius 3 is 1.48 bits per heavy atom. The molecule has 0 radical (unpaired) electrons. The van der Waals surface area contributed by atoms with E-state index in [4.69, 9.17) is 0 Å². The Kier molecular flexibility index (Phi) is 7.86. The van der Waals surface area contributed by atoms with Crippen molar-refractivity contribution >= 4 is 57.2 Å². The molecule has 0 atom stereocenters. The second kappa shape index (κ2) is 13.2. The molecule has 4 aliphatic carbocycles. The minimum atomic E-state index is -2.36. The number of hydrogen-bond donors (Lipinski definition) is 0. The maximum atomic E-state index is 9.26. The molecular weight excluding hydrogens is 808 g/mol. The van der Waals surface area contributed by atoms with Crippen molar-refractivity contribution in [1.29, 1.82) is 0 Å². The standard InChI is InChI=1S/C64H73BN2/c1-37-27-55-57-56(28-37)67(52-33-47-44(29-38(52)2)58(3,4)23-25-60(47,7)8)54-35-49-46(62(11,12)36-63(49,13)14)32-51(54)65(57)50-31-45-48(61(9,10)26-24-59(45,5)6)34-53(50)66(55)39-21-22-43-41(30-39)40-19-17-18-20-42(40)64(43,15)16/h17-22,27-35H,23-26,36H2,1-16H3/i1D3. The van der Waals surface area contributed by atoms with Gasteiger partial charge in [0.15, 0.2) is 0 Å². The number of hydrogen-bond acceptors (Lipinski definition) is 2. The van der Waals surface area contributed by atoms with Gasteiger partial charge in [0.05, 0.1) is 0 Å². The van der Waals surface area contributed by atoms with E-state index in [9.17, 15) is 4.11 Å². The number of fused-ring (bicyclic) bond motifs is 10. The van der Waals surface area contributed by atoms with Gasteiger partial charge in [-0.1, -0.05) is 145 Å². The highest BCUT2D eigenvalue weighted by Gasteiger charge is 2.50. The molecule has 0 fully saturated rings. The van der Waals surface area contributed by atoms with Gasteiger partial charge >= 0.3 is 0 Å². The molecule has 3 heteroatoms. The Bertz CT molecular complexity index is 3300. The maximum Gasteiger partial charge on any atom is 0.252 e. The van der Waals surface area contributed by atoms with Crippen LogP contribution in [0.25, 0.3) is 11.1 Å². The first-order valence-corrected chi connectivity index (χ1v) is 25.5. The molecule has 0 unspecified atom stereocenters. The van der Waals surface area contributed by atoms with Gasteiger partial charge in [0.1, 0.15) is 0 Å². The van der Waals surface area contributed by atoms with Crippen LogP contribution < -0.4 is 26.2 Å². The van der Waals surface area contributed by atoms with Gasteiger partial charge in [0, 0.05) is 43.7 Å². The van der Waals surface area contributed by atoms with E-state index < -0.39 is 6.85 Å². The average Bonchev–Trinajstić information content (AvgIpc) is 3.61. The Hall–Kier alpha value is -5.02. The van der Waals surface area contributed by atoms with Crippen molar-refractivity contribution in [3.05, 3.63) is 147 Å². The number of nitrogens with zero attached hydrogens (tertiary/aromatic N) is 2. The lowest BCUT2D eigenvalue weighted by Crippen LogP contribution is -2.62. The van der Waals surface area contributed by atoms with Gasteiger partial charge in [-0.3, -0.25) is 0 Å². The Morgan fingerprint density at radius 1 is 0.433 bits per heavy atom. The highest BCUT2D eigenvalue weighted by atomic mass is 15.2. The zero-order valence-electron chi connectivity index (χ0n) is 46.2. The van der Waals surface area contributed by atoms with E-state index in [1.165, 1.54) is 83.3 Å². The van der Waals surface area contributed by atoms with Crippen molar-refractivity contribution in [2.24, 2.45) is 0 Å². The fraction of sp³-hybridized carbons (Fsp3) is 0.438. The van der Waals surface area contributed by atoms with Crippen molar-refractivity contribution in [3.8, 4) is 11.1 Å². The highest BCUT2D eigenvalue weighted by molar-refractivity contribution is 7.00. The fourth-order valence-corrected chi connectivity index (χ4v) is 14.9. The van der Waals surface area contributed by atoms with Gasteiger partial charge in [-0.25, -0.2) is 0 Å². The minimum absolute atomic E-state index is 0.0178. The topological polar surface area (TPSA) is 6.48 Å². The second-order valence-corrected chi connectivity index (χ2v) is 26.5. The molecule has 0 spiro atoms. The molecule has 12 rings (SSSR count). The van der Waals surface area contributed by atoms with Crippen LogP contribution in [0.4, 0.5) is 34.1 Å². The summed E-state index contributed by atoms with van der Waals surface area (Å²) < 4.78 is 27.8. The van der Waals surface area contributed by atoms with Crippen molar-refractivity contribution in [1.82, 2.24) is 0 Å². The molecule has 6 aromatic carbocycles. The van der Waals surface area contributed by atoms with Crippen LogP contribution in [0, 0.1) is 13.8 Å². The first kappa shape index (κ1) is 39.9. The van der Waals surface area contributed by atoms with E-state index in [2.05, 4.69) is 205 Å². The SMILES string of the molecule is [2H]C([2H])([2H])c1cc2c3c(c1)N(c1cc4c(cc1C)C(C)(C)CCC4(C)C)c1cc4c(cc1B3c1cc3c(cc1N2c1ccc2c(c1)-c1ccccc1C2(C)C)C(C)(C)CCC3(C)C)C(C)(C)CC4(C)C. The predicted octanol–water partition coefficient (Wildman–Crippen LogP) is 15.3. The molecular formula is C64H73BN2. The molecule has 6 aromatic rings. The Labute approximate surface area is 407 Å². The zero-order chi connectivity index (χ0) is 50.0. The van der Waals surface area contributed by atoms with Crippen LogP contribution in [0.3, 0.4) is 0 Å². The van der Waals surface area contributed by atoms with Gasteiger partial charge in [0.2, 0.25) is 0 Å². The summed E-state index contributed by atoms with van der Waals surface area (Å²) >= 11 is 0. The summed E-state index contributed by atoms with van der Waals surface area (Å²) in [5.41, 5.74) is 25.4. The molecule has 342 valence electrons. The third-order valence-corrected chi connectivity index (χ3v) is 18.8. The van der Waals surface area contributed by atoms with Crippen LogP contribution in [0.5, 0.6) is 0 Å². The van der Waals surface area contributed by atoms with Gasteiger partial charge in [-0.2, -0.15) is 0 Å². The molecule has 0 amide bonds. The number of anilines is 6. The smallest absolute Gasteiger partial charge is 0.252 e. The minimum Gasteiger partial charge on any atom is -0.311 e. The average molecular weight is 884 g/mol. The lowest BCUT2D eigenvalue weighted by molar-refractivity contribution is 0.332. The molecule has 0 N–H and O–H groups in total. The van der Waals surface area contributed by atoms with Crippen LogP contribution >= 0.6 is 0 Å². The molecule has 2 aliphatic heterocycles. The number of rotatable bonds is 2. The highest BCUT2D eigenvalue weighted by Crippen LogP contribution is 2.57. The molecule has 2 heterocycles. The van der Waals surface area contributed by atoms with Crippen molar-refractivity contribution in [2.75, 3.05) is 9.80 Å². The maximum absolute atomic E-state index is 9.26. The summed E-state index contributed by atoms with van der Waals surface area (Å²) in [6.45, 7) is 33.7. The quantitative estimate of drug-likeness (QED) is 0.160. The summed E-state index contributed by atoms with van der Waals surface area (Å²) in [6.07, 6.45) is 5.54. The van der Waals surface area contributed by atoms with E-state index in [-0.39, 0.29) is 44.6 Å². The largest absolute Gasteiger partial charge is 0.311 e. The van der Waals surface area contributed by atoms with Crippen LogP contribution in [0.2, 0.25) is 0 Å². The molecule has 0 bridgehead atoms. The first-order valence-electron chi connectivity index (χ1n) is 27.0. The van der Waals surface area contributed by atoms with Gasteiger partial charge in [0.25, 0.3) is 6.71 Å². The number of benzene rings is 6. The van der Waals surface area contributed by atoms with E-state index in [1.807, 2.05) is 0 Å². The van der Waals surface area contributed by atoms with Crippen LogP contribution in [-0.2, 0) is 37.9 Å².